The molecule has 1 heterocycles. The summed E-state index contributed by atoms with van der Waals surface area (Å²) in [6.07, 6.45) is 5.08. The molecular formula is C10H15N3. The van der Waals surface area contributed by atoms with Crippen molar-refractivity contribution in [2.24, 2.45) is 5.73 Å². The largest absolute Gasteiger partial charge is 0.323 e. The van der Waals surface area contributed by atoms with E-state index in [0.717, 1.165) is 24.1 Å². The molecule has 0 aliphatic rings. The second-order valence-corrected chi connectivity index (χ2v) is 3.24. The summed E-state index contributed by atoms with van der Waals surface area (Å²) in [6, 6.07) is 1.85. The highest BCUT2D eigenvalue weighted by molar-refractivity contribution is 5.04. The molecule has 0 aromatic carbocycles. The summed E-state index contributed by atoms with van der Waals surface area (Å²) >= 11 is 0. The van der Waals surface area contributed by atoms with Gasteiger partial charge in [-0.2, -0.15) is 0 Å². The van der Waals surface area contributed by atoms with Gasteiger partial charge in [-0.15, -0.1) is 6.58 Å². The number of allylic oxidation sites excluding steroid dienone is 1. The molecule has 1 atom stereocenters. The van der Waals surface area contributed by atoms with Gasteiger partial charge in [-0.1, -0.05) is 5.57 Å². The van der Waals surface area contributed by atoms with Gasteiger partial charge in [-0.3, -0.25) is 0 Å². The van der Waals surface area contributed by atoms with Crippen molar-refractivity contribution in [2.45, 2.75) is 25.8 Å². The number of nitrogens with two attached hydrogens (primary N) is 1. The Kier molecular flexibility index (Phi) is 3.58. The molecule has 1 rings (SSSR count). The minimum atomic E-state index is -0.000278. The third-order valence-electron chi connectivity index (χ3n) is 1.87. The lowest BCUT2D eigenvalue weighted by Gasteiger charge is -2.09. The maximum atomic E-state index is 5.91. The monoisotopic (exact) mass is 177 g/mol. The van der Waals surface area contributed by atoms with E-state index in [0.29, 0.717) is 0 Å². The zero-order chi connectivity index (χ0) is 9.68. The second kappa shape index (κ2) is 4.72. The van der Waals surface area contributed by atoms with Crippen molar-refractivity contribution in [1.29, 1.82) is 0 Å². The normalized spacial score (nSPS) is 12.5. The van der Waals surface area contributed by atoms with E-state index in [4.69, 9.17) is 5.73 Å². The molecule has 70 valence electrons. The Morgan fingerprint density at radius 3 is 3.00 bits per heavy atom. The zero-order valence-corrected chi connectivity index (χ0v) is 7.90. The fraction of sp³-hybridized carbons (Fsp3) is 0.400. The van der Waals surface area contributed by atoms with Crippen molar-refractivity contribution in [3.63, 3.8) is 0 Å². The first kappa shape index (κ1) is 9.86. The average Bonchev–Trinajstić information content (AvgIpc) is 2.15. The van der Waals surface area contributed by atoms with Gasteiger partial charge in [0.25, 0.3) is 0 Å². The van der Waals surface area contributed by atoms with Crippen LogP contribution in [0.4, 0.5) is 0 Å². The first-order chi connectivity index (χ1) is 6.20. The third kappa shape index (κ3) is 3.34. The SMILES string of the molecule is C=C(C)CCC(N)c1ccncn1. The van der Waals surface area contributed by atoms with Crippen LogP contribution in [0.1, 0.15) is 31.5 Å². The van der Waals surface area contributed by atoms with Crippen molar-refractivity contribution in [3.8, 4) is 0 Å². The summed E-state index contributed by atoms with van der Waals surface area (Å²) in [5.41, 5.74) is 7.97. The lowest BCUT2D eigenvalue weighted by molar-refractivity contribution is 0.629. The van der Waals surface area contributed by atoms with Crippen molar-refractivity contribution in [3.05, 3.63) is 36.4 Å². The van der Waals surface area contributed by atoms with Gasteiger partial charge in [-0.05, 0) is 25.8 Å². The summed E-state index contributed by atoms with van der Waals surface area (Å²) in [7, 11) is 0. The van der Waals surface area contributed by atoms with Gasteiger partial charge in [0, 0.05) is 12.2 Å². The third-order valence-corrected chi connectivity index (χ3v) is 1.87. The van der Waals surface area contributed by atoms with Crippen LogP contribution < -0.4 is 5.73 Å². The molecule has 0 amide bonds. The Bertz CT molecular complexity index is 269. The number of rotatable bonds is 4. The smallest absolute Gasteiger partial charge is 0.115 e. The predicted octanol–water partition coefficient (Wildman–Crippen LogP) is 1.83. The molecule has 0 aliphatic carbocycles. The fourth-order valence-corrected chi connectivity index (χ4v) is 1.07. The van der Waals surface area contributed by atoms with Gasteiger partial charge in [0.2, 0.25) is 0 Å². The molecule has 0 radical (unpaired) electrons. The summed E-state index contributed by atoms with van der Waals surface area (Å²) in [5, 5.41) is 0. The van der Waals surface area contributed by atoms with E-state index in [9.17, 15) is 0 Å². The topological polar surface area (TPSA) is 51.8 Å². The Labute approximate surface area is 78.7 Å². The summed E-state index contributed by atoms with van der Waals surface area (Å²) in [5.74, 6) is 0. The van der Waals surface area contributed by atoms with Crippen LogP contribution in [0, 0.1) is 0 Å². The van der Waals surface area contributed by atoms with Crippen molar-refractivity contribution < 1.29 is 0 Å². The van der Waals surface area contributed by atoms with E-state index in [1.807, 2.05) is 13.0 Å². The lowest BCUT2D eigenvalue weighted by atomic mass is 10.1. The second-order valence-electron chi connectivity index (χ2n) is 3.24. The van der Waals surface area contributed by atoms with Crippen LogP contribution in [0.5, 0.6) is 0 Å². The Morgan fingerprint density at radius 2 is 2.46 bits per heavy atom. The van der Waals surface area contributed by atoms with Crippen LogP contribution in [0.15, 0.2) is 30.7 Å². The van der Waals surface area contributed by atoms with E-state index in [-0.39, 0.29) is 6.04 Å². The van der Waals surface area contributed by atoms with Crippen LogP contribution in [0.3, 0.4) is 0 Å². The first-order valence-corrected chi connectivity index (χ1v) is 4.36. The van der Waals surface area contributed by atoms with Crippen LogP contribution in [-0.4, -0.2) is 9.97 Å². The maximum Gasteiger partial charge on any atom is 0.115 e. The van der Waals surface area contributed by atoms with E-state index in [1.54, 1.807) is 6.20 Å². The highest BCUT2D eigenvalue weighted by atomic mass is 14.8. The average molecular weight is 177 g/mol. The molecule has 0 saturated heterocycles. The van der Waals surface area contributed by atoms with E-state index in [2.05, 4.69) is 16.5 Å². The van der Waals surface area contributed by atoms with Gasteiger partial charge in [0.05, 0.1) is 5.69 Å². The van der Waals surface area contributed by atoms with Crippen molar-refractivity contribution >= 4 is 0 Å². The fourth-order valence-electron chi connectivity index (χ4n) is 1.07. The number of nitrogens with zero attached hydrogens (tertiary/aromatic N) is 2. The molecule has 0 saturated carbocycles. The Balaban J connectivity index is 2.49. The minimum Gasteiger partial charge on any atom is -0.323 e. The molecule has 1 unspecified atom stereocenters. The van der Waals surface area contributed by atoms with Crippen LogP contribution in [0.25, 0.3) is 0 Å². The molecule has 0 aliphatic heterocycles. The van der Waals surface area contributed by atoms with Gasteiger partial charge in [0.1, 0.15) is 6.33 Å². The molecule has 3 nitrogen and oxygen atoms in total. The number of hydrogen-bond donors (Lipinski definition) is 1. The summed E-state index contributed by atoms with van der Waals surface area (Å²) < 4.78 is 0. The molecule has 1 aromatic heterocycles. The summed E-state index contributed by atoms with van der Waals surface area (Å²) in [6.45, 7) is 5.84. The van der Waals surface area contributed by atoms with E-state index < -0.39 is 0 Å². The zero-order valence-electron chi connectivity index (χ0n) is 7.90. The van der Waals surface area contributed by atoms with E-state index in [1.165, 1.54) is 6.33 Å². The highest BCUT2D eigenvalue weighted by Crippen LogP contribution is 2.14. The highest BCUT2D eigenvalue weighted by Gasteiger charge is 2.05. The summed E-state index contributed by atoms with van der Waals surface area (Å²) in [4.78, 5) is 7.93. The first-order valence-electron chi connectivity index (χ1n) is 4.36. The van der Waals surface area contributed by atoms with Crippen LogP contribution in [0.2, 0.25) is 0 Å². The molecule has 1 aromatic rings. The van der Waals surface area contributed by atoms with Crippen molar-refractivity contribution in [1.82, 2.24) is 9.97 Å². The van der Waals surface area contributed by atoms with Gasteiger partial charge >= 0.3 is 0 Å². The molecule has 0 fully saturated rings. The Hall–Kier alpha value is -1.22. The van der Waals surface area contributed by atoms with E-state index >= 15 is 0 Å². The van der Waals surface area contributed by atoms with Gasteiger partial charge in [0.15, 0.2) is 0 Å². The maximum absolute atomic E-state index is 5.91. The Morgan fingerprint density at radius 1 is 1.69 bits per heavy atom. The molecular weight excluding hydrogens is 162 g/mol. The predicted molar refractivity (Wildman–Crippen MR) is 53.0 cm³/mol. The van der Waals surface area contributed by atoms with Gasteiger partial charge < -0.3 is 5.73 Å². The van der Waals surface area contributed by atoms with Crippen LogP contribution >= 0.6 is 0 Å². The van der Waals surface area contributed by atoms with Crippen molar-refractivity contribution in [2.75, 3.05) is 0 Å². The van der Waals surface area contributed by atoms with Crippen LogP contribution in [-0.2, 0) is 0 Å². The number of hydrogen-bond acceptors (Lipinski definition) is 3. The standard InChI is InChI=1S/C10H15N3/c1-8(2)3-4-9(11)10-5-6-12-7-13-10/h5-7,9H,1,3-4,11H2,2H3. The molecule has 0 spiro atoms. The van der Waals surface area contributed by atoms with Gasteiger partial charge in [-0.25, -0.2) is 9.97 Å². The minimum absolute atomic E-state index is 0.000278. The number of aromatic nitrogens is 2. The quantitative estimate of drug-likeness (QED) is 0.714. The lowest BCUT2D eigenvalue weighted by Crippen LogP contribution is -2.11. The molecule has 13 heavy (non-hydrogen) atoms. The molecule has 2 N–H and O–H groups in total. The molecule has 0 bridgehead atoms. The molecule has 3 heteroatoms.